The number of para-hydroxylation sites is 1. The van der Waals surface area contributed by atoms with Crippen LogP contribution >= 0.6 is 0 Å². The van der Waals surface area contributed by atoms with E-state index in [-0.39, 0.29) is 17.9 Å². The summed E-state index contributed by atoms with van der Waals surface area (Å²) in [5.74, 6) is -1.00. The number of nitrogens with zero attached hydrogens (tertiary/aromatic N) is 1. The van der Waals surface area contributed by atoms with Crippen LogP contribution in [0.1, 0.15) is 22.3 Å². The maximum atomic E-state index is 12.2. The van der Waals surface area contributed by atoms with Crippen LogP contribution in [-0.4, -0.2) is 16.9 Å². The van der Waals surface area contributed by atoms with Crippen LogP contribution in [0.15, 0.2) is 48.5 Å². The number of hydrogen-bond donors (Lipinski definition) is 3. The summed E-state index contributed by atoms with van der Waals surface area (Å²) < 4.78 is 0. The first-order valence-corrected chi connectivity index (χ1v) is 6.97. The van der Waals surface area contributed by atoms with Gasteiger partial charge in [0, 0.05) is 11.1 Å². The van der Waals surface area contributed by atoms with Crippen molar-refractivity contribution in [3.63, 3.8) is 0 Å². The fraction of sp³-hybridized carbons (Fsp3) is 0.118. The second kappa shape index (κ2) is 5.55. The monoisotopic (exact) mass is 307 g/mol. The van der Waals surface area contributed by atoms with Gasteiger partial charge >= 0.3 is 0 Å². The van der Waals surface area contributed by atoms with Crippen LogP contribution in [-0.2, 0) is 10.4 Å². The van der Waals surface area contributed by atoms with Crippen molar-refractivity contribution in [2.45, 2.75) is 12.0 Å². The van der Waals surface area contributed by atoms with E-state index in [1.807, 2.05) is 6.07 Å². The molecule has 0 radical (unpaired) electrons. The SMILES string of the molecule is N#CCC1(O)C(=O)Nc2c(NC(=O)c3ccccc3)cccc21. The van der Waals surface area contributed by atoms with Crippen LogP contribution in [0.3, 0.4) is 0 Å². The van der Waals surface area contributed by atoms with E-state index < -0.39 is 11.5 Å². The fourth-order valence-electron chi connectivity index (χ4n) is 2.55. The van der Waals surface area contributed by atoms with Crippen LogP contribution in [0, 0.1) is 11.3 Å². The number of carbonyl (C=O) groups excluding carboxylic acids is 2. The summed E-state index contributed by atoms with van der Waals surface area (Å²) in [6.07, 6.45) is -0.359. The number of fused-ring (bicyclic) bond motifs is 1. The van der Waals surface area contributed by atoms with E-state index in [9.17, 15) is 14.7 Å². The van der Waals surface area contributed by atoms with Crippen LogP contribution in [0.2, 0.25) is 0 Å². The third-order valence-corrected chi connectivity index (χ3v) is 3.74. The molecule has 6 nitrogen and oxygen atoms in total. The molecular weight excluding hydrogens is 294 g/mol. The molecule has 0 saturated heterocycles. The van der Waals surface area contributed by atoms with Crippen molar-refractivity contribution in [3.8, 4) is 6.07 Å². The van der Waals surface area contributed by atoms with Crippen LogP contribution in [0.25, 0.3) is 0 Å². The van der Waals surface area contributed by atoms with Crippen molar-refractivity contribution in [2.75, 3.05) is 10.6 Å². The zero-order valence-corrected chi connectivity index (χ0v) is 12.0. The Morgan fingerprint density at radius 1 is 1.22 bits per heavy atom. The first kappa shape index (κ1) is 14.8. The van der Waals surface area contributed by atoms with Crippen molar-refractivity contribution in [3.05, 3.63) is 59.7 Å². The Hall–Kier alpha value is -3.17. The van der Waals surface area contributed by atoms with E-state index in [2.05, 4.69) is 10.6 Å². The Labute approximate surface area is 132 Å². The van der Waals surface area contributed by atoms with E-state index in [1.54, 1.807) is 48.5 Å². The van der Waals surface area contributed by atoms with Gasteiger partial charge in [-0.3, -0.25) is 9.59 Å². The molecule has 114 valence electrons. The number of amides is 2. The van der Waals surface area contributed by atoms with Crippen LogP contribution in [0.5, 0.6) is 0 Å². The molecule has 0 fully saturated rings. The van der Waals surface area contributed by atoms with Crippen LogP contribution in [0.4, 0.5) is 11.4 Å². The molecule has 2 amide bonds. The smallest absolute Gasteiger partial charge is 0.262 e. The molecule has 0 aliphatic carbocycles. The molecule has 0 saturated carbocycles. The highest BCUT2D eigenvalue weighted by Gasteiger charge is 2.46. The molecule has 1 heterocycles. The summed E-state index contributed by atoms with van der Waals surface area (Å²) in [5.41, 5.74) is -0.438. The second-order valence-electron chi connectivity index (χ2n) is 5.20. The van der Waals surface area contributed by atoms with Gasteiger partial charge in [0.05, 0.1) is 23.9 Å². The second-order valence-corrected chi connectivity index (χ2v) is 5.20. The molecule has 1 unspecified atom stereocenters. The number of nitrogens with one attached hydrogen (secondary N) is 2. The lowest BCUT2D eigenvalue weighted by Gasteiger charge is -2.17. The molecule has 23 heavy (non-hydrogen) atoms. The van der Waals surface area contributed by atoms with Crippen molar-refractivity contribution >= 4 is 23.2 Å². The normalized spacial score (nSPS) is 18.7. The molecule has 0 spiro atoms. The van der Waals surface area contributed by atoms with Crippen LogP contribution < -0.4 is 10.6 Å². The highest BCUT2D eigenvalue weighted by Crippen LogP contribution is 2.42. The van der Waals surface area contributed by atoms with Gasteiger partial charge in [-0.25, -0.2) is 0 Å². The molecule has 3 N–H and O–H groups in total. The van der Waals surface area contributed by atoms with Gasteiger partial charge in [0.2, 0.25) is 0 Å². The molecule has 3 rings (SSSR count). The van der Waals surface area contributed by atoms with Gasteiger partial charge in [-0.1, -0.05) is 30.3 Å². The predicted molar refractivity (Wildman–Crippen MR) is 83.6 cm³/mol. The Bertz CT molecular complexity index is 827. The van der Waals surface area contributed by atoms with Gasteiger partial charge in [-0.05, 0) is 18.2 Å². The lowest BCUT2D eigenvalue weighted by Crippen LogP contribution is -2.33. The minimum atomic E-state index is -1.89. The Balaban J connectivity index is 1.96. The molecule has 0 aromatic heterocycles. The molecule has 1 atom stereocenters. The number of nitriles is 1. The summed E-state index contributed by atoms with van der Waals surface area (Å²) in [4.78, 5) is 24.3. The summed E-state index contributed by atoms with van der Waals surface area (Å²) in [5, 5.41) is 24.5. The Morgan fingerprint density at radius 3 is 2.65 bits per heavy atom. The number of hydrogen-bond acceptors (Lipinski definition) is 4. The Morgan fingerprint density at radius 2 is 1.96 bits per heavy atom. The Kier molecular flexibility index (Phi) is 3.56. The van der Waals surface area contributed by atoms with Gasteiger partial charge in [0.15, 0.2) is 5.60 Å². The zero-order chi connectivity index (χ0) is 16.4. The summed E-state index contributed by atoms with van der Waals surface area (Å²) in [6, 6.07) is 15.2. The highest BCUT2D eigenvalue weighted by atomic mass is 16.3. The first-order valence-electron chi connectivity index (χ1n) is 6.97. The minimum Gasteiger partial charge on any atom is -0.374 e. The largest absolute Gasteiger partial charge is 0.374 e. The molecule has 2 aromatic carbocycles. The number of aliphatic hydroxyl groups is 1. The number of carbonyl (C=O) groups is 2. The average molecular weight is 307 g/mol. The topological polar surface area (TPSA) is 102 Å². The summed E-state index contributed by atoms with van der Waals surface area (Å²) in [7, 11) is 0. The third-order valence-electron chi connectivity index (χ3n) is 3.74. The lowest BCUT2D eigenvalue weighted by atomic mass is 9.92. The summed E-state index contributed by atoms with van der Waals surface area (Å²) in [6.45, 7) is 0. The number of benzene rings is 2. The maximum absolute atomic E-state index is 12.2. The number of anilines is 2. The molecular formula is C17H13N3O3. The molecule has 0 bridgehead atoms. The maximum Gasteiger partial charge on any atom is 0.262 e. The summed E-state index contributed by atoms with van der Waals surface area (Å²) >= 11 is 0. The highest BCUT2D eigenvalue weighted by molar-refractivity contribution is 6.12. The van der Waals surface area contributed by atoms with Gasteiger partial charge in [0.1, 0.15) is 0 Å². The van der Waals surface area contributed by atoms with Crippen molar-refractivity contribution in [1.29, 1.82) is 5.26 Å². The average Bonchev–Trinajstić information content (AvgIpc) is 2.81. The van der Waals surface area contributed by atoms with Gasteiger partial charge in [0.25, 0.3) is 11.8 Å². The first-order chi connectivity index (χ1) is 11.1. The molecule has 2 aromatic rings. The van der Waals surface area contributed by atoms with E-state index in [4.69, 9.17) is 5.26 Å². The molecule has 6 heteroatoms. The molecule has 1 aliphatic rings. The van der Waals surface area contributed by atoms with Crippen molar-refractivity contribution < 1.29 is 14.7 Å². The molecule has 1 aliphatic heterocycles. The predicted octanol–water partition coefficient (Wildman–Crippen LogP) is 1.99. The van der Waals surface area contributed by atoms with Crippen molar-refractivity contribution in [2.24, 2.45) is 0 Å². The van der Waals surface area contributed by atoms with Gasteiger partial charge in [-0.15, -0.1) is 0 Å². The lowest BCUT2D eigenvalue weighted by molar-refractivity contribution is -0.133. The standard InChI is InChI=1S/C17H13N3O3/c18-10-9-17(23)12-7-4-8-13(14(12)20-16(17)22)19-15(21)11-5-2-1-3-6-11/h1-8,23H,9H2,(H,19,21)(H,20,22). The van der Waals surface area contributed by atoms with Gasteiger partial charge < -0.3 is 15.7 Å². The fourth-order valence-corrected chi connectivity index (χ4v) is 2.55. The van der Waals surface area contributed by atoms with E-state index in [0.717, 1.165) is 0 Å². The number of rotatable bonds is 3. The van der Waals surface area contributed by atoms with E-state index in [1.165, 1.54) is 0 Å². The third kappa shape index (κ3) is 2.43. The van der Waals surface area contributed by atoms with E-state index in [0.29, 0.717) is 16.9 Å². The van der Waals surface area contributed by atoms with E-state index >= 15 is 0 Å². The van der Waals surface area contributed by atoms with Gasteiger partial charge in [-0.2, -0.15) is 5.26 Å². The quantitative estimate of drug-likeness (QED) is 0.807. The van der Waals surface area contributed by atoms with Crippen molar-refractivity contribution in [1.82, 2.24) is 0 Å². The minimum absolute atomic E-state index is 0.287. The zero-order valence-electron chi connectivity index (χ0n) is 12.0.